The molecule has 4 rings (SSSR count). The fraction of sp³-hybridized carbons (Fsp3) is 0.318. The summed E-state index contributed by atoms with van der Waals surface area (Å²) < 4.78 is 59.3. The third-order valence-corrected chi connectivity index (χ3v) is 6.59. The number of carboxylic acid groups (broad SMARTS) is 1. The summed E-state index contributed by atoms with van der Waals surface area (Å²) in [5, 5.41) is 9.70. The monoisotopic (exact) mass is 467 g/mol. The molecular formula is C22H21F4N3O2S. The fourth-order valence-electron chi connectivity index (χ4n) is 4.24. The van der Waals surface area contributed by atoms with Crippen LogP contribution < -0.4 is 4.90 Å². The van der Waals surface area contributed by atoms with E-state index in [1.807, 2.05) is 16.3 Å². The van der Waals surface area contributed by atoms with Gasteiger partial charge >= 0.3 is 12.1 Å². The molecule has 0 amide bonds. The van der Waals surface area contributed by atoms with Crippen molar-refractivity contribution in [2.24, 2.45) is 0 Å². The van der Waals surface area contributed by atoms with E-state index in [0.717, 1.165) is 6.07 Å². The van der Waals surface area contributed by atoms with E-state index in [0.29, 0.717) is 39.4 Å². The van der Waals surface area contributed by atoms with E-state index in [1.54, 1.807) is 14.0 Å². The highest BCUT2D eigenvalue weighted by atomic mass is 32.2. The van der Waals surface area contributed by atoms with Crippen LogP contribution in [0.25, 0.3) is 10.9 Å². The van der Waals surface area contributed by atoms with Crippen LogP contribution in [0.1, 0.15) is 22.4 Å². The number of nitrogens with zero attached hydrogens (tertiary/aromatic N) is 3. The van der Waals surface area contributed by atoms with Crippen LogP contribution in [0.4, 0.5) is 23.2 Å². The number of alkyl halides is 3. The molecule has 170 valence electrons. The molecule has 32 heavy (non-hydrogen) atoms. The summed E-state index contributed by atoms with van der Waals surface area (Å²) in [6, 6.07) is 6.62. The van der Waals surface area contributed by atoms with E-state index < -0.39 is 23.5 Å². The van der Waals surface area contributed by atoms with Crippen LogP contribution in [0.2, 0.25) is 0 Å². The number of aliphatic carboxylic acids is 1. The third-order valence-electron chi connectivity index (χ3n) is 5.64. The number of halogens is 4. The van der Waals surface area contributed by atoms with Crippen LogP contribution >= 0.6 is 11.9 Å². The molecule has 0 fully saturated rings. The van der Waals surface area contributed by atoms with Crippen molar-refractivity contribution in [3.8, 4) is 0 Å². The van der Waals surface area contributed by atoms with E-state index in [2.05, 4.69) is 0 Å². The van der Waals surface area contributed by atoms with Crippen molar-refractivity contribution in [1.29, 1.82) is 0 Å². The zero-order valence-electron chi connectivity index (χ0n) is 17.6. The van der Waals surface area contributed by atoms with Gasteiger partial charge in [-0.3, -0.25) is 4.79 Å². The Morgan fingerprint density at radius 3 is 2.56 bits per heavy atom. The molecule has 0 spiro atoms. The van der Waals surface area contributed by atoms with Gasteiger partial charge in [0.2, 0.25) is 0 Å². The summed E-state index contributed by atoms with van der Waals surface area (Å²) in [5.41, 5.74) is 1.46. The van der Waals surface area contributed by atoms with Crippen LogP contribution in [0.15, 0.2) is 35.2 Å². The second kappa shape index (κ2) is 8.00. The van der Waals surface area contributed by atoms with E-state index in [4.69, 9.17) is 0 Å². The Morgan fingerprint density at radius 2 is 1.91 bits per heavy atom. The van der Waals surface area contributed by atoms with Crippen molar-refractivity contribution >= 4 is 34.5 Å². The minimum atomic E-state index is -4.57. The van der Waals surface area contributed by atoms with Gasteiger partial charge < -0.3 is 14.6 Å². The van der Waals surface area contributed by atoms with E-state index in [9.17, 15) is 27.5 Å². The predicted octanol–water partition coefficient (Wildman–Crippen LogP) is 5.13. The summed E-state index contributed by atoms with van der Waals surface area (Å²) in [6.07, 6.45) is -4.67. The Kier molecular flexibility index (Phi) is 5.62. The summed E-state index contributed by atoms with van der Waals surface area (Å²) >= 11 is 1.25. The second-order valence-electron chi connectivity index (χ2n) is 7.92. The van der Waals surface area contributed by atoms with Gasteiger partial charge in [0.05, 0.1) is 17.9 Å². The molecule has 1 aliphatic rings. The Balaban J connectivity index is 1.91. The summed E-state index contributed by atoms with van der Waals surface area (Å²) in [4.78, 5) is 13.7. The average Bonchev–Trinajstić information content (AvgIpc) is 2.92. The molecule has 0 saturated carbocycles. The van der Waals surface area contributed by atoms with Crippen molar-refractivity contribution < 1.29 is 27.5 Å². The van der Waals surface area contributed by atoms with E-state index >= 15 is 0 Å². The van der Waals surface area contributed by atoms with Gasteiger partial charge in [-0.15, -0.1) is 0 Å². The lowest BCUT2D eigenvalue weighted by Crippen LogP contribution is -2.33. The Morgan fingerprint density at radius 1 is 1.19 bits per heavy atom. The van der Waals surface area contributed by atoms with Crippen molar-refractivity contribution in [3.05, 3.63) is 58.5 Å². The number of benzene rings is 2. The van der Waals surface area contributed by atoms with Gasteiger partial charge in [-0.05, 0) is 67.4 Å². The van der Waals surface area contributed by atoms with Gasteiger partial charge in [-0.1, -0.05) is 0 Å². The number of anilines is 1. The molecule has 0 radical (unpaired) electrons. The molecule has 0 bridgehead atoms. The summed E-state index contributed by atoms with van der Waals surface area (Å²) in [6.45, 7) is 1.83. The highest BCUT2D eigenvalue weighted by molar-refractivity contribution is 7.97. The minimum Gasteiger partial charge on any atom is -0.480 e. The standard InChI is InChI=1S/C22H21F4N3O2S/c1-12-15(16-8-14(23)4-5-18(16)29(12)10-21(30)31)6-13-7-19-20(9-17(13)22(24,25)26)32-28(3)11-27(19)2/h4-5,7-9H,6,10-11H2,1-3H3,(H,30,31). The largest absolute Gasteiger partial charge is 0.480 e. The molecule has 0 saturated heterocycles. The lowest BCUT2D eigenvalue weighted by Gasteiger charge is -2.34. The predicted molar refractivity (Wildman–Crippen MR) is 115 cm³/mol. The molecular weight excluding hydrogens is 446 g/mol. The number of aromatic nitrogens is 1. The lowest BCUT2D eigenvalue weighted by molar-refractivity contribution is -0.138. The first-order chi connectivity index (χ1) is 15.0. The van der Waals surface area contributed by atoms with Gasteiger partial charge in [-0.2, -0.15) is 13.2 Å². The number of carbonyl (C=O) groups is 1. The zero-order valence-corrected chi connectivity index (χ0v) is 18.4. The maximum Gasteiger partial charge on any atom is 0.416 e. The first kappa shape index (κ1) is 22.5. The SMILES string of the molecule is Cc1c(Cc2cc3c(cc2C(F)(F)F)SN(C)CN3C)c2cc(F)ccc2n1CC(=O)O. The molecule has 1 N–H and O–H groups in total. The van der Waals surface area contributed by atoms with Gasteiger partial charge in [0.15, 0.2) is 0 Å². The maximum atomic E-state index is 14.0. The molecule has 5 nitrogen and oxygen atoms in total. The second-order valence-corrected chi connectivity index (χ2v) is 9.16. The average molecular weight is 467 g/mol. The molecule has 1 aliphatic heterocycles. The molecule has 0 aliphatic carbocycles. The topological polar surface area (TPSA) is 48.7 Å². The van der Waals surface area contributed by atoms with Gasteiger partial charge in [0.25, 0.3) is 0 Å². The first-order valence-electron chi connectivity index (χ1n) is 9.79. The molecule has 10 heteroatoms. The van der Waals surface area contributed by atoms with Crippen LogP contribution in [-0.2, 0) is 23.9 Å². The minimum absolute atomic E-state index is 0.0648. The zero-order chi connectivity index (χ0) is 23.4. The first-order valence-corrected chi connectivity index (χ1v) is 10.6. The van der Waals surface area contributed by atoms with Crippen LogP contribution in [0, 0.1) is 12.7 Å². The number of rotatable bonds is 4. The summed E-state index contributed by atoms with van der Waals surface area (Å²) in [5.74, 6) is -1.62. The van der Waals surface area contributed by atoms with Crippen LogP contribution in [0.3, 0.4) is 0 Å². The fourth-order valence-corrected chi connectivity index (χ4v) is 5.29. The third kappa shape index (κ3) is 4.04. The molecule has 1 aromatic heterocycles. The molecule has 2 aromatic carbocycles. The van der Waals surface area contributed by atoms with Crippen molar-refractivity contribution in [2.45, 2.75) is 31.0 Å². The number of carboxylic acids is 1. The highest BCUT2D eigenvalue weighted by Gasteiger charge is 2.36. The van der Waals surface area contributed by atoms with Crippen LogP contribution in [0.5, 0.6) is 0 Å². The van der Waals surface area contributed by atoms with Crippen molar-refractivity contribution in [1.82, 2.24) is 8.87 Å². The normalized spacial score (nSPS) is 14.8. The number of hydrogen-bond acceptors (Lipinski definition) is 4. The van der Waals surface area contributed by atoms with Crippen molar-refractivity contribution in [2.75, 3.05) is 25.7 Å². The van der Waals surface area contributed by atoms with E-state index in [-0.39, 0.29) is 18.5 Å². The van der Waals surface area contributed by atoms with Crippen molar-refractivity contribution in [3.63, 3.8) is 0 Å². The van der Waals surface area contributed by atoms with Crippen LogP contribution in [-0.4, -0.2) is 40.7 Å². The van der Waals surface area contributed by atoms with Gasteiger partial charge in [0.1, 0.15) is 12.4 Å². The van der Waals surface area contributed by atoms with E-state index in [1.165, 1.54) is 40.8 Å². The Hall–Kier alpha value is -2.72. The van der Waals surface area contributed by atoms with Gasteiger partial charge in [-0.25, -0.2) is 8.70 Å². The molecule has 0 unspecified atom stereocenters. The number of hydrogen-bond donors (Lipinski definition) is 1. The quantitative estimate of drug-likeness (QED) is 0.426. The summed E-state index contributed by atoms with van der Waals surface area (Å²) in [7, 11) is 3.62. The molecule has 0 atom stereocenters. The highest BCUT2D eigenvalue weighted by Crippen LogP contribution is 2.43. The Bertz CT molecular complexity index is 1220. The Labute approximate surface area is 186 Å². The lowest BCUT2D eigenvalue weighted by atomic mass is 9.96. The maximum absolute atomic E-state index is 14.0. The molecule has 2 heterocycles. The molecule has 3 aromatic rings. The van der Waals surface area contributed by atoms with Gasteiger partial charge in [0, 0.05) is 35.0 Å². The number of fused-ring (bicyclic) bond motifs is 2. The smallest absolute Gasteiger partial charge is 0.416 e.